The van der Waals surface area contributed by atoms with Crippen molar-refractivity contribution in [3.8, 4) is 0 Å². The molecule has 0 spiro atoms. The first-order chi connectivity index (χ1) is 12.1. The zero-order valence-electron chi connectivity index (χ0n) is 15.2. The van der Waals surface area contributed by atoms with Gasteiger partial charge in [-0.3, -0.25) is 4.79 Å². The van der Waals surface area contributed by atoms with Gasteiger partial charge < -0.3 is 4.90 Å². The summed E-state index contributed by atoms with van der Waals surface area (Å²) >= 11 is 0. The lowest BCUT2D eigenvalue weighted by molar-refractivity contribution is 0.0671. The number of hydrogen-bond donors (Lipinski definition) is 0. The van der Waals surface area contributed by atoms with Crippen molar-refractivity contribution in [3.63, 3.8) is 0 Å². The van der Waals surface area contributed by atoms with E-state index in [-0.39, 0.29) is 11.9 Å². The summed E-state index contributed by atoms with van der Waals surface area (Å²) in [6.07, 6.45) is 6.83. The summed E-state index contributed by atoms with van der Waals surface area (Å²) in [4.78, 5) is 19.4. The number of rotatable bonds is 2. The van der Waals surface area contributed by atoms with Crippen LogP contribution in [0, 0.1) is 13.8 Å². The molecule has 1 atom stereocenters. The van der Waals surface area contributed by atoms with Gasteiger partial charge in [-0.05, 0) is 75.6 Å². The normalized spacial score (nSPS) is 20.4. The molecule has 1 unspecified atom stereocenters. The Hall–Kier alpha value is -2.17. The summed E-state index contributed by atoms with van der Waals surface area (Å²) < 4.78 is 2.00. The monoisotopic (exact) mass is 338 g/mol. The van der Waals surface area contributed by atoms with Crippen molar-refractivity contribution in [1.82, 2.24) is 19.7 Å². The van der Waals surface area contributed by atoms with E-state index >= 15 is 0 Å². The first-order valence-corrected chi connectivity index (χ1v) is 9.42. The Kier molecular flexibility index (Phi) is 4.32. The van der Waals surface area contributed by atoms with E-state index in [9.17, 15) is 4.79 Å². The molecular formula is C20H26N4O. The van der Waals surface area contributed by atoms with E-state index < -0.39 is 0 Å². The standard InChI is InChI=1S/C20H26N4O/c1-14-21-15(2)24(22-14)19-8-5-11-23(13-19)20(25)18-10-9-16-6-3-4-7-17(16)12-18/h9-10,12,19H,3-8,11,13H2,1-2H3. The summed E-state index contributed by atoms with van der Waals surface area (Å²) in [6.45, 7) is 5.46. The third-order valence-corrected chi connectivity index (χ3v) is 5.53. The molecule has 1 saturated heterocycles. The summed E-state index contributed by atoms with van der Waals surface area (Å²) in [5.41, 5.74) is 3.63. The average Bonchev–Trinajstić information content (AvgIpc) is 2.99. The maximum absolute atomic E-state index is 13.0. The van der Waals surface area contributed by atoms with Crippen LogP contribution in [0.4, 0.5) is 0 Å². The topological polar surface area (TPSA) is 51.0 Å². The number of carbonyl (C=O) groups is 1. The Balaban J connectivity index is 1.53. The molecule has 5 heteroatoms. The first kappa shape index (κ1) is 16.3. The molecule has 0 radical (unpaired) electrons. The number of piperidine rings is 1. The van der Waals surface area contributed by atoms with Crippen molar-refractivity contribution >= 4 is 5.91 Å². The predicted octanol–water partition coefficient (Wildman–Crippen LogP) is 3.25. The van der Waals surface area contributed by atoms with Gasteiger partial charge in [0, 0.05) is 18.7 Å². The van der Waals surface area contributed by atoms with Crippen molar-refractivity contribution in [2.45, 2.75) is 58.4 Å². The number of benzene rings is 1. The lowest BCUT2D eigenvalue weighted by Crippen LogP contribution is -2.41. The molecule has 1 amide bonds. The summed E-state index contributed by atoms with van der Waals surface area (Å²) in [6, 6.07) is 6.54. The summed E-state index contributed by atoms with van der Waals surface area (Å²) in [7, 11) is 0. The molecule has 2 heterocycles. The van der Waals surface area contributed by atoms with Crippen LogP contribution in [0.2, 0.25) is 0 Å². The molecule has 5 nitrogen and oxygen atoms in total. The van der Waals surface area contributed by atoms with Gasteiger partial charge in [-0.25, -0.2) is 9.67 Å². The number of hydrogen-bond acceptors (Lipinski definition) is 3. The SMILES string of the molecule is Cc1nc(C)n(C2CCCN(C(=O)c3ccc4c(c3)CCCC4)C2)n1. The highest BCUT2D eigenvalue weighted by Crippen LogP contribution is 2.26. The van der Waals surface area contributed by atoms with Gasteiger partial charge in [0.15, 0.2) is 0 Å². The van der Waals surface area contributed by atoms with Crippen LogP contribution in [0.3, 0.4) is 0 Å². The summed E-state index contributed by atoms with van der Waals surface area (Å²) in [5, 5.41) is 4.53. The second-order valence-corrected chi connectivity index (χ2v) is 7.39. The average molecular weight is 338 g/mol. The van der Waals surface area contributed by atoms with Gasteiger partial charge in [0.1, 0.15) is 11.6 Å². The van der Waals surface area contributed by atoms with E-state index in [0.29, 0.717) is 0 Å². The predicted molar refractivity (Wildman–Crippen MR) is 96.8 cm³/mol. The van der Waals surface area contributed by atoms with Gasteiger partial charge in [-0.2, -0.15) is 5.10 Å². The van der Waals surface area contributed by atoms with Gasteiger partial charge in [0.25, 0.3) is 5.91 Å². The smallest absolute Gasteiger partial charge is 0.253 e. The second kappa shape index (κ2) is 6.62. The molecule has 1 aromatic heterocycles. The molecule has 1 aliphatic heterocycles. The fourth-order valence-electron chi connectivity index (χ4n) is 4.27. The van der Waals surface area contributed by atoms with E-state index in [4.69, 9.17) is 0 Å². The Labute approximate surface area is 149 Å². The van der Waals surface area contributed by atoms with Crippen LogP contribution in [-0.2, 0) is 12.8 Å². The van der Waals surface area contributed by atoms with E-state index in [1.54, 1.807) is 0 Å². The zero-order chi connectivity index (χ0) is 17.4. The fourth-order valence-corrected chi connectivity index (χ4v) is 4.27. The van der Waals surface area contributed by atoms with Crippen LogP contribution >= 0.6 is 0 Å². The number of aryl methyl sites for hydroxylation is 4. The van der Waals surface area contributed by atoms with Crippen molar-refractivity contribution < 1.29 is 4.79 Å². The highest BCUT2D eigenvalue weighted by atomic mass is 16.2. The molecule has 2 aromatic rings. The molecule has 4 rings (SSSR count). The molecular weight excluding hydrogens is 312 g/mol. The van der Waals surface area contributed by atoms with Gasteiger partial charge in [0.2, 0.25) is 0 Å². The number of aromatic nitrogens is 3. The largest absolute Gasteiger partial charge is 0.337 e. The number of likely N-dealkylation sites (tertiary alicyclic amines) is 1. The van der Waals surface area contributed by atoms with E-state index in [1.807, 2.05) is 29.5 Å². The Morgan fingerprint density at radius 1 is 1.12 bits per heavy atom. The number of carbonyl (C=O) groups excluding carboxylic acids is 1. The van der Waals surface area contributed by atoms with Crippen molar-refractivity contribution in [1.29, 1.82) is 0 Å². The highest BCUT2D eigenvalue weighted by molar-refractivity contribution is 5.94. The molecule has 1 aromatic carbocycles. The molecule has 0 bridgehead atoms. The lowest BCUT2D eigenvalue weighted by Gasteiger charge is -2.33. The third-order valence-electron chi connectivity index (χ3n) is 5.53. The molecule has 25 heavy (non-hydrogen) atoms. The Morgan fingerprint density at radius 3 is 2.68 bits per heavy atom. The van der Waals surface area contributed by atoms with Crippen molar-refractivity contribution in [2.24, 2.45) is 0 Å². The van der Waals surface area contributed by atoms with E-state index in [2.05, 4.69) is 22.2 Å². The number of nitrogens with zero attached hydrogens (tertiary/aromatic N) is 4. The zero-order valence-corrected chi connectivity index (χ0v) is 15.2. The highest BCUT2D eigenvalue weighted by Gasteiger charge is 2.27. The van der Waals surface area contributed by atoms with E-state index in [1.165, 1.54) is 24.0 Å². The first-order valence-electron chi connectivity index (χ1n) is 9.42. The minimum atomic E-state index is 0.160. The van der Waals surface area contributed by atoms with Crippen LogP contribution in [0.25, 0.3) is 0 Å². The molecule has 0 N–H and O–H groups in total. The molecule has 0 saturated carbocycles. The van der Waals surface area contributed by atoms with Gasteiger partial charge >= 0.3 is 0 Å². The fraction of sp³-hybridized carbons (Fsp3) is 0.550. The van der Waals surface area contributed by atoms with Crippen LogP contribution < -0.4 is 0 Å². The Bertz CT molecular complexity index is 795. The summed E-state index contributed by atoms with van der Waals surface area (Å²) in [5.74, 6) is 1.90. The number of fused-ring (bicyclic) bond motifs is 1. The van der Waals surface area contributed by atoms with Crippen molar-refractivity contribution in [3.05, 3.63) is 46.5 Å². The number of amides is 1. The Morgan fingerprint density at radius 2 is 1.92 bits per heavy atom. The molecule has 132 valence electrons. The van der Waals surface area contributed by atoms with Crippen LogP contribution in [0.15, 0.2) is 18.2 Å². The molecule has 2 aliphatic rings. The minimum absolute atomic E-state index is 0.160. The lowest BCUT2D eigenvalue weighted by atomic mass is 9.90. The molecule has 1 fully saturated rings. The third kappa shape index (κ3) is 3.20. The van der Waals surface area contributed by atoms with Gasteiger partial charge in [-0.1, -0.05) is 6.07 Å². The maximum Gasteiger partial charge on any atom is 0.253 e. The quantitative estimate of drug-likeness (QED) is 0.844. The van der Waals surface area contributed by atoms with Crippen LogP contribution in [-0.4, -0.2) is 38.7 Å². The van der Waals surface area contributed by atoms with Gasteiger partial charge in [-0.15, -0.1) is 0 Å². The second-order valence-electron chi connectivity index (χ2n) is 7.39. The molecule has 1 aliphatic carbocycles. The maximum atomic E-state index is 13.0. The minimum Gasteiger partial charge on any atom is -0.337 e. The van der Waals surface area contributed by atoms with Crippen molar-refractivity contribution in [2.75, 3.05) is 13.1 Å². The van der Waals surface area contributed by atoms with Crippen LogP contribution in [0.5, 0.6) is 0 Å². The van der Waals surface area contributed by atoms with E-state index in [0.717, 1.165) is 56.0 Å². The van der Waals surface area contributed by atoms with Gasteiger partial charge in [0.05, 0.1) is 6.04 Å². The van der Waals surface area contributed by atoms with Crippen LogP contribution in [0.1, 0.15) is 64.9 Å².